The van der Waals surface area contributed by atoms with Crippen LogP contribution in [0.5, 0.6) is 0 Å². The Morgan fingerprint density at radius 3 is 2.63 bits per heavy atom. The molecule has 1 aromatic carbocycles. The van der Waals surface area contributed by atoms with Crippen molar-refractivity contribution in [2.24, 2.45) is 0 Å². The van der Waals surface area contributed by atoms with Gasteiger partial charge in [-0.2, -0.15) is 5.10 Å². The normalized spacial score (nSPS) is 10.8. The molecule has 158 valence electrons. The van der Waals surface area contributed by atoms with Crippen molar-refractivity contribution in [1.29, 1.82) is 0 Å². The van der Waals surface area contributed by atoms with Crippen molar-refractivity contribution in [1.82, 2.24) is 25.2 Å². The standard InChI is InChI=1S/C22H28N6O2/c1-5-7-10-24-21(29)16-9-8-14(3)18(11-16)27-20-19-15(4)17(22(30)23-6-2)12-28(19)26-13-25-20/h8-9,11-13H,5-7,10H2,1-4H3,(H,23,30)(H,24,29)(H,25,26,27). The van der Waals surface area contributed by atoms with Crippen LogP contribution in [0.2, 0.25) is 0 Å². The summed E-state index contributed by atoms with van der Waals surface area (Å²) in [6.07, 6.45) is 5.11. The molecule has 3 rings (SSSR count). The van der Waals surface area contributed by atoms with Gasteiger partial charge in [-0.25, -0.2) is 9.50 Å². The SMILES string of the molecule is CCCCNC(=O)c1ccc(C)c(Nc2ncnn3cc(C(=O)NCC)c(C)c23)c1. The summed E-state index contributed by atoms with van der Waals surface area (Å²) in [6, 6.07) is 5.53. The van der Waals surface area contributed by atoms with Gasteiger partial charge in [0.05, 0.1) is 5.56 Å². The van der Waals surface area contributed by atoms with Gasteiger partial charge in [0, 0.05) is 30.5 Å². The van der Waals surface area contributed by atoms with Crippen molar-refractivity contribution in [2.45, 2.75) is 40.5 Å². The number of carbonyl (C=O) groups is 2. The van der Waals surface area contributed by atoms with Crippen molar-refractivity contribution < 1.29 is 9.59 Å². The molecule has 8 heteroatoms. The summed E-state index contributed by atoms with van der Waals surface area (Å²) in [6.45, 7) is 9.01. The molecule has 0 spiro atoms. The fourth-order valence-corrected chi connectivity index (χ4v) is 3.24. The van der Waals surface area contributed by atoms with Crippen LogP contribution in [0, 0.1) is 13.8 Å². The molecule has 0 unspecified atom stereocenters. The fraction of sp³-hybridized carbons (Fsp3) is 0.364. The van der Waals surface area contributed by atoms with Crippen LogP contribution in [-0.4, -0.2) is 39.5 Å². The minimum Gasteiger partial charge on any atom is -0.352 e. The molecule has 2 aromatic heterocycles. The lowest BCUT2D eigenvalue weighted by molar-refractivity contribution is 0.0946. The second-order valence-corrected chi connectivity index (χ2v) is 7.19. The lowest BCUT2D eigenvalue weighted by Gasteiger charge is -2.12. The lowest BCUT2D eigenvalue weighted by Crippen LogP contribution is -2.24. The van der Waals surface area contributed by atoms with E-state index in [1.165, 1.54) is 6.33 Å². The molecule has 2 heterocycles. The number of fused-ring (bicyclic) bond motifs is 1. The van der Waals surface area contributed by atoms with E-state index < -0.39 is 0 Å². The van der Waals surface area contributed by atoms with Gasteiger partial charge in [-0.1, -0.05) is 19.4 Å². The molecule has 0 atom stereocenters. The third-order valence-electron chi connectivity index (χ3n) is 4.98. The lowest BCUT2D eigenvalue weighted by atomic mass is 10.1. The van der Waals surface area contributed by atoms with Crippen LogP contribution >= 0.6 is 0 Å². The third kappa shape index (κ3) is 4.42. The van der Waals surface area contributed by atoms with Crippen LogP contribution in [0.3, 0.4) is 0 Å². The molecule has 3 aromatic rings. The Labute approximate surface area is 176 Å². The maximum atomic E-state index is 12.4. The fourth-order valence-electron chi connectivity index (χ4n) is 3.24. The quantitative estimate of drug-likeness (QED) is 0.496. The number of hydrogen-bond donors (Lipinski definition) is 3. The molecule has 0 saturated heterocycles. The first kappa shape index (κ1) is 21.3. The number of carbonyl (C=O) groups excluding carboxylic acids is 2. The number of unbranched alkanes of at least 4 members (excludes halogenated alkanes) is 1. The largest absolute Gasteiger partial charge is 0.352 e. The van der Waals surface area contributed by atoms with Crippen LogP contribution in [0.25, 0.3) is 5.52 Å². The van der Waals surface area contributed by atoms with E-state index in [1.807, 2.05) is 39.0 Å². The first-order chi connectivity index (χ1) is 14.5. The number of amides is 2. The van der Waals surface area contributed by atoms with E-state index in [0.29, 0.717) is 30.0 Å². The highest BCUT2D eigenvalue weighted by atomic mass is 16.2. The molecule has 0 aliphatic rings. The maximum Gasteiger partial charge on any atom is 0.253 e. The summed E-state index contributed by atoms with van der Waals surface area (Å²) >= 11 is 0. The topological polar surface area (TPSA) is 100 Å². The Kier molecular flexibility index (Phi) is 6.66. The van der Waals surface area contributed by atoms with E-state index in [4.69, 9.17) is 0 Å². The van der Waals surface area contributed by atoms with Gasteiger partial charge >= 0.3 is 0 Å². The van der Waals surface area contributed by atoms with E-state index in [2.05, 4.69) is 33.0 Å². The van der Waals surface area contributed by atoms with Crippen molar-refractivity contribution in [3.05, 3.63) is 53.0 Å². The molecule has 0 fully saturated rings. The Morgan fingerprint density at radius 2 is 1.90 bits per heavy atom. The minimum absolute atomic E-state index is 0.100. The summed E-state index contributed by atoms with van der Waals surface area (Å²) in [4.78, 5) is 29.2. The molecule has 0 aliphatic carbocycles. The summed E-state index contributed by atoms with van der Waals surface area (Å²) < 4.78 is 1.64. The second-order valence-electron chi connectivity index (χ2n) is 7.19. The predicted molar refractivity (Wildman–Crippen MR) is 117 cm³/mol. The van der Waals surface area contributed by atoms with Gasteiger partial charge in [0.15, 0.2) is 5.82 Å². The Balaban J connectivity index is 1.93. The van der Waals surface area contributed by atoms with Gasteiger partial charge in [0.25, 0.3) is 11.8 Å². The first-order valence-corrected chi connectivity index (χ1v) is 10.2. The average molecular weight is 409 g/mol. The molecular formula is C22H28N6O2. The van der Waals surface area contributed by atoms with Crippen LogP contribution in [0.1, 0.15) is 58.5 Å². The number of rotatable bonds is 8. The molecule has 0 saturated carbocycles. The molecule has 8 nitrogen and oxygen atoms in total. The number of anilines is 2. The Hall–Kier alpha value is -3.42. The first-order valence-electron chi connectivity index (χ1n) is 10.2. The molecule has 3 N–H and O–H groups in total. The highest BCUT2D eigenvalue weighted by Gasteiger charge is 2.18. The van der Waals surface area contributed by atoms with Crippen molar-refractivity contribution in [3.63, 3.8) is 0 Å². The Bertz CT molecular complexity index is 1070. The van der Waals surface area contributed by atoms with Gasteiger partial charge in [0.2, 0.25) is 0 Å². The number of nitrogens with one attached hydrogen (secondary N) is 3. The molecule has 0 aliphatic heterocycles. The zero-order valence-corrected chi connectivity index (χ0v) is 17.9. The van der Waals surface area contributed by atoms with Gasteiger partial charge < -0.3 is 16.0 Å². The zero-order chi connectivity index (χ0) is 21.7. The second kappa shape index (κ2) is 9.39. The molecule has 2 amide bonds. The molecule has 0 bridgehead atoms. The molecule has 30 heavy (non-hydrogen) atoms. The smallest absolute Gasteiger partial charge is 0.253 e. The van der Waals surface area contributed by atoms with Crippen LogP contribution in [0.4, 0.5) is 11.5 Å². The van der Waals surface area contributed by atoms with E-state index in [1.54, 1.807) is 10.7 Å². The number of aryl methyl sites for hydroxylation is 2. The monoisotopic (exact) mass is 408 g/mol. The van der Waals surface area contributed by atoms with E-state index in [-0.39, 0.29) is 11.8 Å². The zero-order valence-electron chi connectivity index (χ0n) is 17.9. The van der Waals surface area contributed by atoms with Gasteiger partial charge in [-0.05, 0) is 50.5 Å². The van der Waals surface area contributed by atoms with Crippen LogP contribution in [0.15, 0.2) is 30.7 Å². The van der Waals surface area contributed by atoms with E-state index in [9.17, 15) is 9.59 Å². The summed E-state index contributed by atoms with van der Waals surface area (Å²) in [5.74, 6) is 0.329. The number of hydrogen-bond acceptors (Lipinski definition) is 5. The van der Waals surface area contributed by atoms with Gasteiger partial charge in [0.1, 0.15) is 11.8 Å². The van der Waals surface area contributed by atoms with E-state index >= 15 is 0 Å². The van der Waals surface area contributed by atoms with Crippen LogP contribution < -0.4 is 16.0 Å². The van der Waals surface area contributed by atoms with Gasteiger partial charge in [-0.15, -0.1) is 0 Å². The third-order valence-corrected chi connectivity index (χ3v) is 4.98. The average Bonchev–Trinajstić information content (AvgIpc) is 3.07. The minimum atomic E-state index is -0.145. The number of aromatic nitrogens is 3. The van der Waals surface area contributed by atoms with Gasteiger partial charge in [-0.3, -0.25) is 9.59 Å². The highest BCUT2D eigenvalue weighted by molar-refractivity contribution is 5.99. The van der Waals surface area contributed by atoms with Crippen molar-refractivity contribution >= 4 is 28.8 Å². The summed E-state index contributed by atoms with van der Waals surface area (Å²) in [5.41, 5.74) is 4.40. The van der Waals surface area contributed by atoms with Crippen molar-refractivity contribution in [3.8, 4) is 0 Å². The maximum absolute atomic E-state index is 12.4. The summed E-state index contributed by atoms with van der Waals surface area (Å²) in [5, 5.41) is 13.3. The van der Waals surface area contributed by atoms with Crippen LogP contribution in [-0.2, 0) is 0 Å². The highest BCUT2D eigenvalue weighted by Crippen LogP contribution is 2.27. The molecular weight excluding hydrogens is 380 g/mol. The van der Waals surface area contributed by atoms with Crippen molar-refractivity contribution in [2.75, 3.05) is 18.4 Å². The van der Waals surface area contributed by atoms with E-state index in [0.717, 1.165) is 35.2 Å². The molecule has 0 radical (unpaired) electrons. The summed E-state index contributed by atoms with van der Waals surface area (Å²) in [7, 11) is 0. The number of nitrogens with zero attached hydrogens (tertiary/aromatic N) is 3. The number of benzene rings is 1. The predicted octanol–water partition coefficient (Wildman–Crippen LogP) is 3.37. The Morgan fingerprint density at radius 1 is 1.10 bits per heavy atom.